The predicted octanol–water partition coefficient (Wildman–Crippen LogP) is 4.87. The fourth-order valence-corrected chi connectivity index (χ4v) is 6.25. The first-order chi connectivity index (χ1) is 13.8. The lowest BCUT2D eigenvalue weighted by Crippen LogP contribution is -2.46. The van der Waals surface area contributed by atoms with Gasteiger partial charge in [0.2, 0.25) is 0 Å². The smallest absolute Gasteiger partial charge is 0.184 e. The first kappa shape index (κ1) is 21.8. The van der Waals surface area contributed by atoms with Gasteiger partial charge in [0.1, 0.15) is 0 Å². The van der Waals surface area contributed by atoms with Gasteiger partial charge in [-0.2, -0.15) is 0 Å². The molecule has 1 aliphatic rings. The van der Waals surface area contributed by atoms with E-state index in [2.05, 4.69) is 6.58 Å². The molecular weight excluding hydrogens is 384 g/mol. The number of aryl methyl sites for hydroxylation is 2. The molecule has 4 nitrogen and oxygen atoms in total. The average Bonchev–Trinajstić information content (AvgIpc) is 3.13. The second kappa shape index (κ2) is 8.82. The molecule has 0 aliphatic carbocycles. The topological polar surface area (TPSA) is 52.6 Å². The fourth-order valence-electron chi connectivity index (χ4n) is 4.09. The number of benzene rings is 2. The minimum absolute atomic E-state index is 0.259. The summed E-state index contributed by atoms with van der Waals surface area (Å²) in [4.78, 5) is 0.333. The van der Waals surface area contributed by atoms with Crippen LogP contribution in [0.1, 0.15) is 37.3 Å². The van der Waals surface area contributed by atoms with Gasteiger partial charge in [-0.3, -0.25) is 0 Å². The maximum absolute atomic E-state index is 13.9. The van der Waals surface area contributed by atoms with Gasteiger partial charge in [0.25, 0.3) is 0 Å². The van der Waals surface area contributed by atoms with Crippen molar-refractivity contribution < 1.29 is 17.9 Å². The molecule has 29 heavy (non-hydrogen) atoms. The van der Waals surface area contributed by atoms with Crippen LogP contribution in [0.3, 0.4) is 0 Å². The molecule has 0 radical (unpaired) electrons. The molecule has 5 heteroatoms. The molecule has 2 aromatic carbocycles. The van der Waals surface area contributed by atoms with Crippen LogP contribution in [0.4, 0.5) is 0 Å². The van der Waals surface area contributed by atoms with Gasteiger partial charge in [0, 0.05) is 6.42 Å². The largest absolute Gasteiger partial charge is 0.348 e. The van der Waals surface area contributed by atoms with Gasteiger partial charge >= 0.3 is 0 Å². The Morgan fingerprint density at radius 2 is 1.69 bits per heavy atom. The molecule has 156 valence electrons. The van der Waals surface area contributed by atoms with Gasteiger partial charge in [-0.15, -0.1) is 6.58 Å². The minimum atomic E-state index is -3.67. The van der Waals surface area contributed by atoms with Crippen LogP contribution in [0, 0.1) is 6.92 Å². The van der Waals surface area contributed by atoms with Gasteiger partial charge in [-0.25, -0.2) is 8.42 Å². The molecule has 1 aliphatic heterocycles. The summed E-state index contributed by atoms with van der Waals surface area (Å²) >= 11 is 0. The van der Waals surface area contributed by atoms with Crippen molar-refractivity contribution in [3.8, 4) is 0 Å². The second-order valence-corrected chi connectivity index (χ2v) is 10.3. The number of sulfone groups is 1. The van der Waals surface area contributed by atoms with Gasteiger partial charge in [0.15, 0.2) is 15.6 Å². The first-order valence-electron chi connectivity index (χ1n) is 10.0. The molecule has 2 aromatic rings. The van der Waals surface area contributed by atoms with Crippen LogP contribution >= 0.6 is 0 Å². The highest BCUT2D eigenvalue weighted by Gasteiger charge is 2.50. The van der Waals surface area contributed by atoms with Crippen molar-refractivity contribution in [1.29, 1.82) is 0 Å². The van der Waals surface area contributed by atoms with Crippen molar-refractivity contribution >= 4 is 9.84 Å². The van der Waals surface area contributed by atoms with Gasteiger partial charge in [-0.1, -0.05) is 54.1 Å². The molecule has 1 saturated heterocycles. The highest BCUT2D eigenvalue weighted by atomic mass is 32.2. The number of hydrogen-bond acceptors (Lipinski definition) is 4. The average molecular weight is 415 g/mol. The molecule has 0 spiro atoms. The van der Waals surface area contributed by atoms with Crippen LogP contribution in [-0.2, 0) is 25.7 Å². The van der Waals surface area contributed by atoms with Crippen molar-refractivity contribution in [2.45, 2.75) is 55.0 Å². The lowest BCUT2D eigenvalue weighted by atomic mass is 9.89. The maximum Gasteiger partial charge on any atom is 0.184 e. The van der Waals surface area contributed by atoms with E-state index < -0.39 is 20.4 Å². The number of allylic oxidation sites excluding steroid dienone is 1. The second-order valence-electron chi connectivity index (χ2n) is 7.99. The van der Waals surface area contributed by atoms with Crippen molar-refractivity contribution in [3.63, 3.8) is 0 Å². The first-order valence-corrected chi connectivity index (χ1v) is 11.5. The number of ether oxygens (including phenoxy) is 2. The standard InChI is InChI=1S/C24H30O4S/c1-4-15-24(19-23(3)27-17-18-28-23,16-14-21-8-6-5-7-9-21)29(25,26)22-12-10-20(2)11-13-22/h4-13H,1,14-19H2,2-3H3. The molecule has 0 amide bonds. The van der Waals surface area contributed by atoms with E-state index in [4.69, 9.17) is 9.47 Å². The minimum Gasteiger partial charge on any atom is -0.348 e. The molecule has 3 rings (SSSR count). The SMILES string of the molecule is C=CCC(CCc1ccccc1)(CC1(C)OCCO1)S(=O)(=O)c1ccc(C)cc1. The Labute approximate surface area is 174 Å². The lowest BCUT2D eigenvalue weighted by molar-refractivity contribution is -0.152. The van der Waals surface area contributed by atoms with E-state index in [1.165, 1.54) is 0 Å². The van der Waals surface area contributed by atoms with E-state index >= 15 is 0 Å². The molecule has 0 saturated carbocycles. The maximum atomic E-state index is 13.9. The van der Waals surface area contributed by atoms with E-state index in [-0.39, 0.29) is 6.42 Å². The fraction of sp³-hybridized carbons (Fsp3) is 0.417. The Hall–Kier alpha value is -1.95. The van der Waals surface area contributed by atoms with Crippen LogP contribution in [0.25, 0.3) is 0 Å². The zero-order chi connectivity index (χ0) is 21.0. The summed E-state index contributed by atoms with van der Waals surface area (Å²) in [6, 6.07) is 17.0. The number of hydrogen-bond donors (Lipinski definition) is 0. The van der Waals surface area contributed by atoms with E-state index in [0.717, 1.165) is 11.1 Å². The molecule has 1 atom stereocenters. The van der Waals surface area contributed by atoms with E-state index in [0.29, 0.717) is 37.4 Å². The summed E-state index contributed by atoms with van der Waals surface area (Å²) in [7, 11) is -3.67. The molecule has 1 heterocycles. The Kier molecular flexibility index (Phi) is 6.62. The zero-order valence-corrected chi connectivity index (χ0v) is 18.1. The van der Waals surface area contributed by atoms with Crippen LogP contribution in [0.2, 0.25) is 0 Å². The summed E-state index contributed by atoms with van der Waals surface area (Å²) in [5.74, 6) is -0.919. The van der Waals surface area contributed by atoms with Gasteiger partial charge < -0.3 is 9.47 Å². The summed E-state index contributed by atoms with van der Waals surface area (Å²) < 4.78 is 38.5. The number of rotatable bonds is 9. The monoisotopic (exact) mass is 414 g/mol. The third-order valence-corrected chi connectivity index (χ3v) is 8.22. The molecular formula is C24H30O4S. The van der Waals surface area contributed by atoms with E-state index in [9.17, 15) is 8.42 Å². The molecule has 1 fully saturated rings. The summed E-state index contributed by atoms with van der Waals surface area (Å²) in [5.41, 5.74) is 2.13. The quantitative estimate of drug-likeness (QED) is 0.549. The molecule has 1 unspecified atom stereocenters. The molecule has 0 N–H and O–H groups in total. The summed E-state index contributed by atoms with van der Waals surface area (Å²) in [6.45, 7) is 8.61. The Morgan fingerprint density at radius 3 is 2.28 bits per heavy atom. The molecule has 0 aromatic heterocycles. The Balaban J connectivity index is 2.03. The van der Waals surface area contributed by atoms with Crippen LogP contribution < -0.4 is 0 Å². The highest BCUT2D eigenvalue weighted by Crippen LogP contribution is 2.42. The zero-order valence-electron chi connectivity index (χ0n) is 17.3. The predicted molar refractivity (Wildman–Crippen MR) is 116 cm³/mol. The third kappa shape index (κ3) is 4.80. The van der Waals surface area contributed by atoms with Crippen molar-refractivity contribution in [2.75, 3.05) is 13.2 Å². The van der Waals surface area contributed by atoms with E-state index in [1.54, 1.807) is 18.2 Å². The summed E-state index contributed by atoms with van der Waals surface area (Å²) in [5, 5.41) is 0. The lowest BCUT2D eigenvalue weighted by Gasteiger charge is -2.38. The van der Waals surface area contributed by atoms with Crippen molar-refractivity contribution in [3.05, 3.63) is 78.4 Å². The van der Waals surface area contributed by atoms with Gasteiger partial charge in [0.05, 0.1) is 22.9 Å². The Morgan fingerprint density at radius 1 is 1.07 bits per heavy atom. The van der Waals surface area contributed by atoms with Gasteiger partial charge in [-0.05, 0) is 50.8 Å². The van der Waals surface area contributed by atoms with Crippen LogP contribution in [-0.4, -0.2) is 32.2 Å². The normalized spacial score (nSPS) is 18.3. The van der Waals surface area contributed by atoms with Crippen molar-refractivity contribution in [1.82, 2.24) is 0 Å². The summed E-state index contributed by atoms with van der Waals surface area (Å²) in [6.07, 6.45) is 3.40. The highest BCUT2D eigenvalue weighted by molar-refractivity contribution is 7.92. The Bertz CT molecular complexity index is 913. The van der Waals surface area contributed by atoms with Crippen LogP contribution in [0.15, 0.2) is 72.1 Å². The van der Waals surface area contributed by atoms with Crippen molar-refractivity contribution in [2.24, 2.45) is 0 Å². The third-order valence-electron chi connectivity index (χ3n) is 5.67. The van der Waals surface area contributed by atoms with Crippen LogP contribution in [0.5, 0.6) is 0 Å². The van der Waals surface area contributed by atoms with E-state index in [1.807, 2.05) is 56.3 Å². The molecule has 0 bridgehead atoms.